The zero-order chi connectivity index (χ0) is 15.4. The lowest BCUT2D eigenvalue weighted by Gasteiger charge is -2.19. The molecule has 0 saturated carbocycles. The number of nitrogens with one attached hydrogen (secondary N) is 2. The molecule has 1 heterocycles. The first kappa shape index (κ1) is 17.2. The predicted octanol–water partition coefficient (Wildman–Crippen LogP) is 2.08. The first-order chi connectivity index (χ1) is 9.19. The summed E-state index contributed by atoms with van der Waals surface area (Å²) in [5.74, 6) is 0. The van der Waals surface area contributed by atoms with Gasteiger partial charge in [0.25, 0.3) is 0 Å². The molecule has 0 aliphatic heterocycles. The Labute approximate surface area is 122 Å². The Hall–Kier alpha value is -0.850. The standard InChI is InChI=1S/C14H27N3O2S/c1-6-8-17-11-13(9-12(17)10-15-7-2)20(18,19)16-14(3,4)5/h9,11,15-16H,6-8,10H2,1-5H3. The topological polar surface area (TPSA) is 63.1 Å². The van der Waals surface area contributed by atoms with E-state index in [0.29, 0.717) is 11.4 Å². The summed E-state index contributed by atoms with van der Waals surface area (Å²) in [5.41, 5.74) is 0.524. The molecule has 0 saturated heterocycles. The van der Waals surface area contributed by atoms with Crippen molar-refractivity contribution in [3.05, 3.63) is 18.0 Å². The maximum Gasteiger partial charge on any atom is 0.242 e. The molecule has 5 nitrogen and oxygen atoms in total. The van der Waals surface area contributed by atoms with Crippen LogP contribution in [0.4, 0.5) is 0 Å². The number of nitrogens with zero attached hydrogens (tertiary/aromatic N) is 1. The van der Waals surface area contributed by atoms with E-state index >= 15 is 0 Å². The molecule has 1 rings (SSSR count). The monoisotopic (exact) mass is 301 g/mol. The molecule has 0 bridgehead atoms. The van der Waals surface area contributed by atoms with Crippen LogP contribution in [0.3, 0.4) is 0 Å². The fourth-order valence-corrected chi connectivity index (χ4v) is 3.47. The first-order valence-electron chi connectivity index (χ1n) is 7.13. The smallest absolute Gasteiger partial charge is 0.242 e. The van der Waals surface area contributed by atoms with E-state index in [2.05, 4.69) is 17.0 Å². The second kappa shape index (κ2) is 6.74. The van der Waals surface area contributed by atoms with E-state index in [9.17, 15) is 8.42 Å². The second-order valence-electron chi connectivity index (χ2n) is 6.00. The van der Waals surface area contributed by atoms with Gasteiger partial charge in [0.2, 0.25) is 10.0 Å². The number of aryl methyl sites for hydroxylation is 1. The van der Waals surface area contributed by atoms with Gasteiger partial charge in [-0.3, -0.25) is 0 Å². The third kappa shape index (κ3) is 4.92. The Kier molecular flexibility index (Phi) is 5.79. The van der Waals surface area contributed by atoms with Crippen molar-refractivity contribution in [1.29, 1.82) is 0 Å². The predicted molar refractivity (Wildman–Crippen MR) is 82.2 cm³/mol. The summed E-state index contributed by atoms with van der Waals surface area (Å²) in [6.07, 6.45) is 2.70. The fourth-order valence-electron chi connectivity index (χ4n) is 1.98. The Morgan fingerprint density at radius 3 is 2.40 bits per heavy atom. The summed E-state index contributed by atoms with van der Waals surface area (Å²) in [7, 11) is -3.46. The molecule has 20 heavy (non-hydrogen) atoms. The average Bonchev–Trinajstić information content (AvgIpc) is 2.68. The van der Waals surface area contributed by atoms with Gasteiger partial charge in [0, 0.05) is 30.5 Å². The van der Waals surface area contributed by atoms with Crippen LogP contribution >= 0.6 is 0 Å². The van der Waals surface area contributed by atoms with E-state index in [1.165, 1.54) is 0 Å². The molecule has 0 amide bonds. The molecule has 0 unspecified atom stereocenters. The zero-order valence-corrected chi connectivity index (χ0v) is 14.0. The van der Waals surface area contributed by atoms with Crippen LogP contribution in [-0.2, 0) is 23.1 Å². The maximum atomic E-state index is 12.3. The minimum absolute atomic E-state index is 0.341. The van der Waals surface area contributed by atoms with Crippen LogP contribution in [0, 0.1) is 0 Å². The summed E-state index contributed by atoms with van der Waals surface area (Å²) >= 11 is 0. The minimum Gasteiger partial charge on any atom is -0.349 e. The Bertz CT molecular complexity index is 527. The first-order valence-corrected chi connectivity index (χ1v) is 8.61. The number of aromatic nitrogens is 1. The van der Waals surface area contributed by atoms with Crippen molar-refractivity contribution in [3.8, 4) is 0 Å². The average molecular weight is 301 g/mol. The molecular formula is C14H27N3O2S. The van der Waals surface area contributed by atoms with E-state index in [0.717, 1.165) is 25.2 Å². The molecule has 0 aromatic carbocycles. The van der Waals surface area contributed by atoms with Gasteiger partial charge in [-0.1, -0.05) is 13.8 Å². The number of rotatable bonds is 7. The number of sulfonamides is 1. The number of hydrogen-bond acceptors (Lipinski definition) is 3. The third-order valence-corrected chi connectivity index (χ3v) is 4.46. The van der Waals surface area contributed by atoms with Gasteiger partial charge in [0.1, 0.15) is 0 Å². The lowest BCUT2D eigenvalue weighted by Crippen LogP contribution is -2.40. The van der Waals surface area contributed by atoms with Gasteiger partial charge in [-0.2, -0.15) is 0 Å². The van der Waals surface area contributed by atoms with Gasteiger partial charge in [-0.25, -0.2) is 13.1 Å². The highest BCUT2D eigenvalue weighted by Gasteiger charge is 2.24. The summed E-state index contributed by atoms with van der Waals surface area (Å²) < 4.78 is 29.4. The van der Waals surface area contributed by atoms with Crippen molar-refractivity contribution in [1.82, 2.24) is 14.6 Å². The van der Waals surface area contributed by atoms with E-state index in [1.54, 1.807) is 12.3 Å². The van der Waals surface area contributed by atoms with E-state index in [-0.39, 0.29) is 0 Å². The van der Waals surface area contributed by atoms with E-state index < -0.39 is 15.6 Å². The quantitative estimate of drug-likeness (QED) is 0.810. The molecule has 0 fully saturated rings. The molecule has 0 radical (unpaired) electrons. The van der Waals surface area contributed by atoms with E-state index in [4.69, 9.17) is 0 Å². The van der Waals surface area contributed by atoms with Crippen molar-refractivity contribution in [3.63, 3.8) is 0 Å². The van der Waals surface area contributed by atoms with Gasteiger partial charge in [0.05, 0.1) is 4.90 Å². The molecule has 6 heteroatoms. The van der Waals surface area contributed by atoms with Gasteiger partial charge in [-0.05, 0) is 39.8 Å². The molecule has 1 aromatic rings. The maximum absolute atomic E-state index is 12.3. The minimum atomic E-state index is -3.46. The van der Waals surface area contributed by atoms with Crippen LogP contribution in [-0.4, -0.2) is 25.1 Å². The van der Waals surface area contributed by atoms with Crippen LogP contribution in [0.2, 0.25) is 0 Å². The van der Waals surface area contributed by atoms with E-state index in [1.807, 2.05) is 32.3 Å². The highest BCUT2D eigenvalue weighted by Crippen LogP contribution is 2.17. The van der Waals surface area contributed by atoms with Crippen LogP contribution in [0.25, 0.3) is 0 Å². The molecule has 0 atom stereocenters. The third-order valence-electron chi connectivity index (χ3n) is 2.73. The highest BCUT2D eigenvalue weighted by molar-refractivity contribution is 7.89. The fraction of sp³-hybridized carbons (Fsp3) is 0.714. The van der Waals surface area contributed by atoms with Crippen molar-refractivity contribution in [2.75, 3.05) is 6.54 Å². The van der Waals surface area contributed by atoms with Crippen molar-refractivity contribution < 1.29 is 8.42 Å². The molecule has 2 N–H and O–H groups in total. The molecule has 0 aliphatic carbocycles. The molecule has 116 valence electrons. The number of hydrogen-bond donors (Lipinski definition) is 2. The van der Waals surface area contributed by atoms with Gasteiger partial charge >= 0.3 is 0 Å². The van der Waals surface area contributed by atoms with Gasteiger partial charge < -0.3 is 9.88 Å². The summed E-state index contributed by atoms with van der Waals surface area (Å²) in [4.78, 5) is 0.341. The molecule has 0 spiro atoms. The van der Waals surface area contributed by atoms with Crippen LogP contribution in [0.5, 0.6) is 0 Å². The van der Waals surface area contributed by atoms with Crippen molar-refractivity contribution >= 4 is 10.0 Å². The van der Waals surface area contributed by atoms with Gasteiger partial charge in [-0.15, -0.1) is 0 Å². The van der Waals surface area contributed by atoms with Crippen molar-refractivity contribution in [2.45, 2.75) is 64.6 Å². The Morgan fingerprint density at radius 2 is 1.90 bits per heavy atom. The molecular weight excluding hydrogens is 274 g/mol. The Balaban J connectivity index is 3.06. The van der Waals surface area contributed by atoms with Gasteiger partial charge in [0.15, 0.2) is 0 Å². The molecule has 1 aromatic heterocycles. The largest absolute Gasteiger partial charge is 0.349 e. The Morgan fingerprint density at radius 1 is 1.25 bits per heavy atom. The SMILES string of the molecule is CCCn1cc(S(=O)(=O)NC(C)(C)C)cc1CNCC. The van der Waals surface area contributed by atoms with Crippen molar-refractivity contribution in [2.24, 2.45) is 0 Å². The zero-order valence-electron chi connectivity index (χ0n) is 13.2. The van der Waals surface area contributed by atoms with Crippen LogP contribution < -0.4 is 10.0 Å². The lowest BCUT2D eigenvalue weighted by molar-refractivity contribution is 0.491. The summed E-state index contributed by atoms with van der Waals surface area (Å²) in [5, 5.41) is 3.24. The van der Waals surface area contributed by atoms with Crippen LogP contribution in [0.1, 0.15) is 46.7 Å². The highest BCUT2D eigenvalue weighted by atomic mass is 32.2. The van der Waals surface area contributed by atoms with Crippen LogP contribution in [0.15, 0.2) is 17.2 Å². The normalized spacial score (nSPS) is 12.8. The summed E-state index contributed by atoms with van der Waals surface area (Å²) in [6.45, 7) is 12.0. The second-order valence-corrected chi connectivity index (χ2v) is 7.68. The summed E-state index contributed by atoms with van der Waals surface area (Å²) in [6, 6.07) is 1.76. The molecule has 0 aliphatic rings. The lowest BCUT2D eigenvalue weighted by atomic mass is 10.1.